The number of aromatic nitrogens is 4. The smallest absolute Gasteiger partial charge is 0.205 e. The highest BCUT2D eigenvalue weighted by molar-refractivity contribution is 7.15. The van der Waals surface area contributed by atoms with Crippen molar-refractivity contribution in [1.29, 1.82) is 0 Å². The molecule has 0 aliphatic carbocycles. The van der Waals surface area contributed by atoms with E-state index >= 15 is 0 Å². The lowest BCUT2D eigenvalue weighted by atomic mass is 10.4. The molecule has 5 nitrogen and oxygen atoms in total. The van der Waals surface area contributed by atoms with E-state index in [9.17, 15) is 0 Å². The molecule has 0 bridgehead atoms. The van der Waals surface area contributed by atoms with Crippen molar-refractivity contribution in [3.63, 3.8) is 0 Å². The van der Waals surface area contributed by atoms with Crippen LogP contribution in [-0.4, -0.2) is 26.3 Å². The number of rotatable bonds is 5. The predicted molar refractivity (Wildman–Crippen MR) is 64.8 cm³/mol. The third-order valence-corrected chi connectivity index (χ3v) is 3.08. The first-order valence-corrected chi connectivity index (χ1v) is 6.21. The number of hydrogen-bond acceptors (Lipinski definition) is 5. The van der Waals surface area contributed by atoms with Gasteiger partial charge in [-0.1, -0.05) is 18.3 Å². The molecule has 6 heteroatoms. The van der Waals surface area contributed by atoms with Gasteiger partial charge in [-0.15, -0.1) is 10.2 Å². The first-order chi connectivity index (χ1) is 7.83. The molecule has 1 N–H and O–H groups in total. The van der Waals surface area contributed by atoms with Crippen LogP contribution < -0.4 is 5.32 Å². The third kappa shape index (κ3) is 2.38. The maximum absolute atomic E-state index is 4.28. The molecule has 2 aromatic heterocycles. The highest BCUT2D eigenvalue weighted by atomic mass is 32.1. The molecule has 0 spiro atoms. The zero-order chi connectivity index (χ0) is 11.4. The second kappa shape index (κ2) is 5.07. The van der Waals surface area contributed by atoms with Gasteiger partial charge in [-0.2, -0.15) is 0 Å². The van der Waals surface area contributed by atoms with E-state index in [2.05, 4.69) is 32.0 Å². The van der Waals surface area contributed by atoms with Crippen LogP contribution in [0.3, 0.4) is 0 Å². The van der Waals surface area contributed by atoms with E-state index in [1.54, 1.807) is 11.3 Å². The van der Waals surface area contributed by atoms with Crippen molar-refractivity contribution in [2.45, 2.75) is 26.8 Å². The number of nitrogens with zero attached hydrogens (tertiary/aromatic N) is 4. The summed E-state index contributed by atoms with van der Waals surface area (Å²) in [5, 5.41) is 13.3. The fraction of sp³-hybridized carbons (Fsp3) is 0.500. The fourth-order valence-electron chi connectivity index (χ4n) is 1.48. The standard InChI is InChI=1S/C10H15N5S/c1-3-8-12-5-6-15(8)7-9-13-14-10(16-9)11-4-2/h5-6H,3-4,7H2,1-2H3,(H,11,14). The minimum atomic E-state index is 0.756. The van der Waals surface area contributed by atoms with Gasteiger partial charge in [0, 0.05) is 25.4 Å². The molecule has 0 aliphatic heterocycles. The number of nitrogens with one attached hydrogen (secondary N) is 1. The largest absolute Gasteiger partial charge is 0.360 e. The number of anilines is 1. The summed E-state index contributed by atoms with van der Waals surface area (Å²) in [5.41, 5.74) is 0. The second-order valence-electron chi connectivity index (χ2n) is 3.36. The highest BCUT2D eigenvalue weighted by Gasteiger charge is 2.06. The van der Waals surface area contributed by atoms with Crippen molar-refractivity contribution in [2.24, 2.45) is 0 Å². The Hall–Kier alpha value is -1.43. The van der Waals surface area contributed by atoms with E-state index in [0.29, 0.717) is 0 Å². The monoisotopic (exact) mass is 237 g/mol. The van der Waals surface area contributed by atoms with E-state index < -0.39 is 0 Å². The zero-order valence-corrected chi connectivity index (χ0v) is 10.3. The second-order valence-corrected chi connectivity index (χ2v) is 4.42. The Morgan fingerprint density at radius 1 is 1.38 bits per heavy atom. The molecule has 2 heterocycles. The lowest BCUT2D eigenvalue weighted by Gasteiger charge is -2.02. The molecule has 0 amide bonds. The summed E-state index contributed by atoms with van der Waals surface area (Å²) in [6.45, 7) is 5.78. The van der Waals surface area contributed by atoms with Crippen molar-refractivity contribution in [3.8, 4) is 0 Å². The van der Waals surface area contributed by atoms with Crippen LogP contribution in [0.15, 0.2) is 12.4 Å². The van der Waals surface area contributed by atoms with Crippen molar-refractivity contribution in [2.75, 3.05) is 11.9 Å². The maximum atomic E-state index is 4.28. The van der Waals surface area contributed by atoms with E-state index in [4.69, 9.17) is 0 Å². The molecule has 86 valence electrons. The minimum Gasteiger partial charge on any atom is -0.360 e. The first kappa shape index (κ1) is 11.1. The number of hydrogen-bond donors (Lipinski definition) is 1. The van der Waals surface area contributed by atoms with Gasteiger partial charge < -0.3 is 9.88 Å². The Kier molecular flexibility index (Phi) is 3.51. The van der Waals surface area contributed by atoms with Crippen molar-refractivity contribution < 1.29 is 0 Å². The molecule has 16 heavy (non-hydrogen) atoms. The Balaban J connectivity index is 2.08. The molecule has 0 fully saturated rings. The van der Waals surface area contributed by atoms with Crippen molar-refractivity contribution in [1.82, 2.24) is 19.7 Å². The molecule has 0 aromatic carbocycles. The van der Waals surface area contributed by atoms with Crippen LogP contribution in [0.25, 0.3) is 0 Å². The van der Waals surface area contributed by atoms with E-state index in [0.717, 1.165) is 35.5 Å². The Bertz CT molecular complexity index is 448. The van der Waals surface area contributed by atoms with Gasteiger partial charge in [0.1, 0.15) is 10.8 Å². The van der Waals surface area contributed by atoms with E-state index in [-0.39, 0.29) is 0 Å². The van der Waals surface area contributed by atoms with Gasteiger partial charge >= 0.3 is 0 Å². The summed E-state index contributed by atoms with van der Waals surface area (Å²) >= 11 is 1.59. The van der Waals surface area contributed by atoms with Gasteiger partial charge in [-0.05, 0) is 6.92 Å². The van der Waals surface area contributed by atoms with Crippen molar-refractivity contribution >= 4 is 16.5 Å². The molecule has 0 radical (unpaired) electrons. The summed E-state index contributed by atoms with van der Waals surface area (Å²) in [7, 11) is 0. The lowest BCUT2D eigenvalue weighted by molar-refractivity contribution is 0.721. The van der Waals surface area contributed by atoms with Gasteiger partial charge in [-0.3, -0.25) is 0 Å². The summed E-state index contributed by atoms with van der Waals surface area (Å²) in [6, 6.07) is 0. The topological polar surface area (TPSA) is 55.6 Å². The Labute approximate surface area is 98.5 Å². The molecule has 0 saturated heterocycles. The molecule has 2 aromatic rings. The molecule has 2 rings (SSSR count). The molecular weight excluding hydrogens is 222 g/mol. The highest BCUT2D eigenvalue weighted by Crippen LogP contribution is 2.16. The summed E-state index contributed by atoms with van der Waals surface area (Å²) in [6.07, 6.45) is 4.74. The van der Waals surface area contributed by atoms with Gasteiger partial charge in [0.25, 0.3) is 0 Å². The number of aryl methyl sites for hydroxylation is 1. The van der Waals surface area contributed by atoms with Gasteiger partial charge in [-0.25, -0.2) is 4.98 Å². The molecule has 0 unspecified atom stereocenters. The summed E-state index contributed by atoms with van der Waals surface area (Å²) < 4.78 is 2.11. The Morgan fingerprint density at radius 2 is 2.25 bits per heavy atom. The van der Waals surface area contributed by atoms with Crippen LogP contribution in [0, 0.1) is 0 Å². The normalized spacial score (nSPS) is 10.6. The average Bonchev–Trinajstić information content (AvgIpc) is 2.89. The molecular formula is C10H15N5S. The van der Waals surface area contributed by atoms with Crippen LogP contribution in [0.1, 0.15) is 24.7 Å². The lowest BCUT2D eigenvalue weighted by Crippen LogP contribution is -2.02. The minimum absolute atomic E-state index is 0.756. The SMILES string of the molecule is CCNc1nnc(Cn2ccnc2CC)s1. The van der Waals surface area contributed by atoms with Crippen LogP contribution in [-0.2, 0) is 13.0 Å². The predicted octanol–water partition coefficient (Wildman–Crippen LogP) is 1.78. The van der Waals surface area contributed by atoms with E-state index in [1.165, 1.54) is 0 Å². The van der Waals surface area contributed by atoms with E-state index in [1.807, 2.05) is 19.3 Å². The summed E-state index contributed by atoms with van der Waals surface area (Å²) in [4.78, 5) is 4.28. The molecule has 0 atom stereocenters. The van der Waals surface area contributed by atoms with Crippen molar-refractivity contribution in [3.05, 3.63) is 23.2 Å². The van der Waals surface area contributed by atoms with Crippen LogP contribution >= 0.6 is 11.3 Å². The quantitative estimate of drug-likeness (QED) is 0.861. The van der Waals surface area contributed by atoms with Gasteiger partial charge in [0.2, 0.25) is 5.13 Å². The van der Waals surface area contributed by atoms with Gasteiger partial charge in [0.05, 0.1) is 6.54 Å². The average molecular weight is 237 g/mol. The Morgan fingerprint density at radius 3 is 3.00 bits per heavy atom. The maximum Gasteiger partial charge on any atom is 0.205 e. The number of imidazole rings is 1. The first-order valence-electron chi connectivity index (χ1n) is 5.39. The van der Waals surface area contributed by atoms with Crippen LogP contribution in [0.5, 0.6) is 0 Å². The zero-order valence-electron chi connectivity index (χ0n) is 9.47. The third-order valence-electron chi connectivity index (χ3n) is 2.22. The van der Waals surface area contributed by atoms with Gasteiger partial charge in [0.15, 0.2) is 0 Å². The summed E-state index contributed by atoms with van der Waals surface area (Å²) in [5.74, 6) is 1.08. The fourth-order valence-corrected chi connectivity index (χ4v) is 2.29. The van der Waals surface area contributed by atoms with Crippen LogP contribution in [0.2, 0.25) is 0 Å². The molecule has 0 saturated carbocycles. The van der Waals surface area contributed by atoms with Crippen LogP contribution in [0.4, 0.5) is 5.13 Å². The molecule has 0 aliphatic rings.